The molecule has 2 rings (SSSR count). The number of hydrogen-bond acceptors (Lipinski definition) is 5. The van der Waals surface area contributed by atoms with Crippen molar-refractivity contribution in [1.82, 2.24) is 4.90 Å². The second-order valence-corrected chi connectivity index (χ2v) is 6.65. The van der Waals surface area contributed by atoms with Crippen LogP contribution in [0, 0.1) is 0 Å². The van der Waals surface area contributed by atoms with Crippen molar-refractivity contribution in [3.05, 3.63) is 33.1 Å². The maximum atomic E-state index is 12.4. The predicted octanol–water partition coefficient (Wildman–Crippen LogP) is 3.22. The largest absolute Gasteiger partial charge is 0.481 e. The topological polar surface area (TPSA) is 79.2 Å². The average molecular weight is 413 g/mol. The molecule has 1 heterocycles. The number of amidine groups is 1. The van der Waals surface area contributed by atoms with Gasteiger partial charge in [0.05, 0.1) is 9.38 Å². The van der Waals surface area contributed by atoms with Gasteiger partial charge in [0.25, 0.3) is 5.91 Å². The van der Waals surface area contributed by atoms with Gasteiger partial charge in [-0.1, -0.05) is 6.07 Å². The molecule has 128 valence electrons. The van der Waals surface area contributed by atoms with E-state index in [9.17, 15) is 9.59 Å². The fraction of sp³-hybridized carbons (Fsp3) is 0.312. The van der Waals surface area contributed by atoms with Gasteiger partial charge in [0.15, 0.2) is 11.8 Å². The Morgan fingerprint density at radius 1 is 1.46 bits per heavy atom. The maximum absolute atomic E-state index is 12.4. The predicted molar refractivity (Wildman–Crippen MR) is 98.2 cm³/mol. The summed E-state index contributed by atoms with van der Waals surface area (Å²) in [5.74, 6) is -0.658. The van der Waals surface area contributed by atoms with Gasteiger partial charge in [-0.25, -0.2) is 4.79 Å². The summed E-state index contributed by atoms with van der Waals surface area (Å²) in [5, 5.41) is 9.37. The molecule has 0 atom stereocenters. The molecule has 0 radical (unpaired) electrons. The first kappa shape index (κ1) is 18.5. The van der Waals surface area contributed by atoms with Gasteiger partial charge in [0.2, 0.25) is 0 Å². The second kappa shape index (κ2) is 8.34. The summed E-state index contributed by atoms with van der Waals surface area (Å²) in [5.41, 5.74) is 0.814. The molecule has 1 N–H and O–H groups in total. The van der Waals surface area contributed by atoms with Crippen LogP contribution in [0.4, 0.5) is 0 Å². The minimum absolute atomic E-state index is 0.0583. The van der Waals surface area contributed by atoms with Crippen LogP contribution in [0.5, 0.6) is 5.75 Å². The number of likely N-dealkylation sites (N-methyl/N-ethyl adjacent to an activating group) is 1. The number of nitrogens with zero attached hydrogens (tertiary/aromatic N) is 2. The smallest absolute Gasteiger partial charge is 0.341 e. The molecule has 0 unspecified atom stereocenters. The summed E-state index contributed by atoms with van der Waals surface area (Å²) in [6.45, 7) is 4.64. The normalized spacial score (nSPS) is 17.8. The summed E-state index contributed by atoms with van der Waals surface area (Å²) in [6, 6.07) is 5.22. The number of benzene rings is 1. The minimum atomic E-state index is -1.04. The third-order valence-corrected chi connectivity index (χ3v) is 4.77. The first-order chi connectivity index (χ1) is 11.5. The van der Waals surface area contributed by atoms with Gasteiger partial charge in [-0.15, -0.1) is 0 Å². The molecule has 1 aliphatic rings. The van der Waals surface area contributed by atoms with Crippen molar-refractivity contribution in [3.8, 4) is 5.75 Å². The van der Waals surface area contributed by atoms with Crippen LogP contribution < -0.4 is 4.74 Å². The van der Waals surface area contributed by atoms with Crippen molar-refractivity contribution >= 4 is 50.8 Å². The van der Waals surface area contributed by atoms with E-state index < -0.39 is 12.6 Å². The summed E-state index contributed by atoms with van der Waals surface area (Å²) in [4.78, 5) is 29.6. The number of aliphatic imine (C=N–C) groups is 1. The SMILES string of the molecule is CCN=C1S/C(=C\c2ccc(OCC(=O)O)c(Br)c2)C(=O)N1CC. The van der Waals surface area contributed by atoms with Crippen molar-refractivity contribution in [2.24, 2.45) is 4.99 Å². The van der Waals surface area contributed by atoms with Crippen molar-refractivity contribution in [1.29, 1.82) is 0 Å². The highest BCUT2D eigenvalue weighted by atomic mass is 79.9. The van der Waals surface area contributed by atoms with Gasteiger partial charge in [-0.05, 0) is 65.3 Å². The van der Waals surface area contributed by atoms with Crippen LogP contribution in [0.15, 0.2) is 32.6 Å². The molecule has 0 saturated carbocycles. The molecule has 0 bridgehead atoms. The van der Waals surface area contributed by atoms with Crippen molar-refractivity contribution < 1.29 is 19.4 Å². The molecule has 1 aromatic carbocycles. The highest BCUT2D eigenvalue weighted by Gasteiger charge is 2.31. The molecule has 1 aromatic rings. The molecule has 1 saturated heterocycles. The van der Waals surface area contributed by atoms with Gasteiger partial charge >= 0.3 is 5.97 Å². The number of hydrogen-bond donors (Lipinski definition) is 1. The number of rotatable bonds is 6. The maximum Gasteiger partial charge on any atom is 0.341 e. The zero-order chi connectivity index (χ0) is 17.7. The van der Waals surface area contributed by atoms with Gasteiger partial charge in [-0.2, -0.15) is 0 Å². The average Bonchev–Trinajstić information content (AvgIpc) is 2.82. The van der Waals surface area contributed by atoms with E-state index >= 15 is 0 Å². The van der Waals surface area contributed by atoms with E-state index in [2.05, 4.69) is 20.9 Å². The van der Waals surface area contributed by atoms with E-state index in [-0.39, 0.29) is 5.91 Å². The second-order valence-electron chi connectivity index (χ2n) is 4.79. The Kier molecular flexibility index (Phi) is 6.44. The molecule has 0 spiro atoms. The van der Waals surface area contributed by atoms with Crippen LogP contribution in [0.1, 0.15) is 19.4 Å². The summed E-state index contributed by atoms with van der Waals surface area (Å²) in [6.07, 6.45) is 1.79. The van der Waals surface area contributed by atoms with Gasteiger partial charge in [0.1, 0.15) is 5.75 Å². The third kappa shape index (κ3) is 4.39. The van der Waals surface area contributed by atoms with Gasteiger partial charge in [0, 0.05) is 13.1 Å². The van der Waals surface area contributed by atoms with Crippen molar-refractivity contribution in [3.63, 3.8) is 0 Å². The zero-order valence-electron chi connectivity index (χ0n) is 13.3. The van der Waals surface area contributed by atoms with Crippen LogP contribution in [0.25, 0.3) is 6.08 Å². The number of thioether (sulfide) groups is 1. The van der Waals surface area contributed by atoms with Crippen LogP contribution >= 0.6 is 27.7 Å². The molecular formula is C16H17BrN2O4S. The number of carbonyl (C=O) groups excluding carboxylic acids is 1. The highest BCUT2D eigenvalue weighted by molar-refractivity contribution is 9.10. The van der Waals surface area contributed by atoms with Crippen LogP contribution in [0.2, 0.25) is 0 Å². The van der Waals surface area contributed by atoms with Gasteiger partial charge < -0.3 is 9.84 Å². The molecule has 1 fully saturated rings. The van der Waals surface area contributed by atoms with E-state index in [1.54, 1.807) is 29.2 Å². The Morgan fingerprint density at radius 3 is 2.79 bits per heavy atom. The lowest BCUT2D eigenvalue weighted by molar-refractivity contribution is -0.139. The van der Waals surface area contributed by atoms with Crippen LogP contribution in [0.3, 0.4) is 0 Å². The Hall–Kier alpha value is -1.80. The molecular weight excluding hydrogens is 396 g/mol. The van der Waals surface area contributed by atoms with Crippen LogP contribution in [-0.2, 0) is 9.59 Å². The first-order valence-electron chi connectivity index (χ1n) is 7.36. The monoisotopic (exact) mass is 412 g/mol. The highest BCUT2D eigenvalue weighted by Crippen LogP contribution is 2.33. The summed E-state index contributed by atoms with van der Waals surface area (Å²) in [7, 11) is 0. The van der Waals surface area contributed by atoms with Crippen molar-refractivity contribution in [2.45, 2.75) is 13.8 Å². The first-order valence-corrected chi connectivity index (χ1v) is 8.97. The standard InChI is InChI=1S/C16H17BrN2O4S/c1-3-18-16-19(4-2)15(22)13(24-16)8-10-5-6-12(11(17)7-10)23-9-14(20)21/h5-8H,3-4,9H2,1-2H3,(H,20,21)/b13-8-,18-16?. The van der Waals surface area contributed by atoms with Gasteiger partial charge in [-0.3, -0.25) is 14.7 Å². The Bertz CT molecular complexity index is 718. The number of carbonyl (C=O) groups is 2. The summed E-state index contributed by atoms with van der Waals surface area (Å²) < 4.78 is 5.79. The van der Waals surface area contributed by atoms with E-state index in [0.717, 1.165) is 10.7 Å². The molecule has 8 heteroatoms. The molecule has 24 heavy (non-hydrogen) atoms. The Balaban J connectivity index is 2.22. The van der Waals surface area contributed by atoms with E-state index in [1.165, 1.54) is 11.8 Å². The Labute approximate surface area is 152 Å². The lowest BCUT2D eigenvalue weighted by Crippen LogP contribution is -2.28. The fourth-order valence-electron chi connectivity index (χ4n) is 2.05. The molecule has 1 amide bonds. The Morgan fingerprint density at radius 2 is 2.21 bits per heavy atom. The number of carboxylic acids is 1. The number of halogens is 1. The molecule has 0 aromatic heterocycles. The lowest BCUT2D eigenvalue weighted by Gasteiger charge is -2.11. The third-order valence-electron chi connectivity index (χ3n) is 3.10. The molecule has 6 nitrogen and oxygen atoms in total. The van der Waals surface area contributed by atoms with Crippen LogP contribution in [-0.4, -0.2) is 46.7 Å². The number of ether oxygens (including phenoxy) is 1. The minimum Gasteiger partial charge on any atom is -0.481 e. The number of carboxylic acid groups (broad SMARTS) is 1. The molecule has 1 aliphatic heterocycles. The number of amides is 1. The lowest BCUT2D eigenvalue weighted by atomic mass is 10.2. The summed E-state index contributed by atoms with van der Waals surface area (Å²) >= 11 is 4.71. The number of aliphatic carboxylic acids is 1. The molecule has 0 aliphatic carbocycles. The fourth-order valence-corrected chi connectivity index (χ4v) is 3.67. The van der Waals surface area contributed by atoms with E-state index in [0.29, 0.717) is 28.2 Å². The van der Waals surface area contributed by atoms with E-state index in [4.69, 9.17) is 9.84 Å². The zero-order valence-corrected chi connectivity index (χ0v) is 15.7. The quantitative estimate of drug-likeness (QED) is 0.725. The van der Waals surface area contributed by atoms with Crippen molar-refractivity contribution in [2.75, 3.05) is 19.7 Å². The van der Waals surface area contributed by atoms with E-state index in [1.807, 2.05) is 13.8 Å².